The van der Waals surface area contributed by atoms with E-state index in [1.165, 1.54) is 11.9 Å². The fourth-order valence-electron chi connectivity index (χ4n) is 0.982. The van der Waals surface area contributed by atoms with Crippen LogP contribution in [0.2, 0.25) is 0 Å². The molecule has 0 saturated carbocycles. The zero-order valence-corrected chi connectivity index (χ0v) is 8.67. The molecule has 5 heteroatoms. The molecule has 76 valence electrons. The molecule has 5 N–H and O–H groups in total. The van der Waals surface area contributed by atoms with Gasteiger partial charge in [0, 0.05) is 10.9 Å². The van der Waals surface area contributed by atoms with Crippen molar-refractivity contribution >= 4 is 23.7 Å². The number of nitrogen functional groups attached to an aromatic ring is 1. The first kappa shape index (κ1) is 10.7. The lowest BCUT2D eigenvalue weighted by atomic mass is 10.1. The highest BCUT2D eigenvalue weighted by atomic mass is 32.2. The predicted molar refractivity (Wildman–Crippen MR) is 59.6 cm³/mol. The Balaban J connectivity index is 2.56. The number of carbonyl (C=O) groups excluding carboxylic acids is 1. The second-order valence-electron chi connectivity index (χ2n) is 2.89. The summed E-state index contributed by atoms with van der Waals surface area (Å²) in [5, 5.41) is 0.156. The number of nitrogens with two attached hydrogens (primary N) is 2. The summed E-state index contributed by atoms with van der Waals surface area (Å²) < 4.78 is 2.48. The highest BCUT2D eigenvalue weighted by Gasteiger charge is 2.06. The van der Waals surface area contributed by atoms with Crippen LogP contribution in [0.15, 0.2) is 24.3 Å². The van der Waals surface area contributed by atoms with Crippen molar-refractivity contribution in [2.75, 3.05) is 5.73 Å². The van der Waals surface area contributed by atoms with Gasteiger partial charge in [-0.1, -0.05) is 12.1 Å². The van der Waals surface area contributed by atoms with E-state index in [9.17, 15) is 4.79 Å². The van der Waals surface area contributed by atoms with Gasteiger partial charge in [-0.2, -0.15) is 0 Å². The van der Waals surface area contributed by atoms with Crippen molar-refractivity contribution < 1.29 is 4.79 Å². The largest absolute Gasteiger partial charge is 0.399 e. The highest BCUT2D eigenvalue weighted by molar-refractivity contribution is 7.98. The SMILES string of the molecule is C[C@@H](SNC(N)=O)c1ccc(N)cc1. The number of hydrogen-bond acceptors (Lipinski definition) is 3. The molecule has 0 aliphatic carbocycles. The summed E-state index contributed by atoms with van der Waals surface area (Å²) in [6.45, 7) is 1.98. The molecule has 14 heavy (non-hydrogen) atoms. The molecule has 0 unspecified atom stereocenters. The van der Waals surface area contributed by atoms with E-state index in [2.05, 4.69) is 4.72 Å². The molecule has 0 fully saturated rings. The lowest BCUT2D eigenvalue weighted by Crippen LogP contribution is -2.23. The van der Waals surface area contributed by atoms with E-state index in [0.717, 1.165) is 11.3 Å². The molecule has 0 saturated heterocycles. The van der Waals surface area contributed by atoms with Gasteiger partial charge in [0.15, 0.2) is 0 Å². The number of nitrogens with one attached hydrogen (secondary N) is 1. The molecule has 0 aliphatic heterocycles. The maximum Gasteiger partial charge on any atom is 0.322 e. The highest BCUT2D eigenvalue weighted by Crippen LogP contribution is 2.25. The molecule has 0 aromatic heterocycles. The van der Waals surface area contributed by atoms with Gasteiger partial charge in [0.1, 0.15) is 0 Å². The molecule has 1 rings (SSSR count). The molecular formula is C9H13N3OS. The molecular weight excluding hydrogens is 198 g/mol. The van der Waals surface area contributed by atoms with Crippen LogP contribution >= 0.6 is 11.9 Å². The van der Waals surface area contributed by atoms with E-state index >= 15 is 0 Å². The average molecular weight is 211 g/mol. The van der Waals surface area contributed by atoms with E-state index in [1.54, 1.807) is 0 Å². The number of anilines is 1. The van der Waals surface area contributed by atoms with Crippen molar-refractivity contribution in [2.24, 2.45) is 5.73 Å². The minimum absolute atomic E-state index is 0.156. The van der Waals surface area contributed by atoms with Crippen LogP contribution in [0.3, 0.4) is 0 Å². The standard InChI is InChI=1S/C9H13N3OS/c1-6(14-12-9(11)13)7-2-4-8(10)5-3-7/h2-6H,10H2,1H3,(H3,11,12,13)/t6-/m1/s1. The molecule has 0 spiro atoms. The smallest absolute Gasteiger partial charge is 0.322 e. The Kier molecular flexibility index (Phi) is 3.64. The van der Waals surface area contributed by atoms with Crippen LogP contribution in [0.1, 0.15) is 17.7 Å². The Labute approximate surface area is 87.2 Å². The molecule has 0 aliphatic rings. The fraction of sp³-hybridized carbons (Fsp3) is 0.222. The van der Waals surface area contributed by atoms with Crippen molar-refractivity contribution in [1.29, 1.82) is 0 Å². The van der Waals surface area contributed by atoms with Gasteiger partial charge < -0.3 is 11.5 Å². The Hall–Kier alpha value is -1.36. The maximum atomic E-state index is 10.5. The topological polar surface area (TPSA) is 81.1 Å². The number of amides is 2. The summed E-state index contributed by atoms with van der Waals surface area (Å²) in [5.41, 5.74) is 12.3. The minimum atomic E-state index is -0.530. The van der Waals surface area contributed by atoms with Gasteiger partial charge in [-0.05, 0) is 36.6 Å². The zero-order valence-electron chi connectivity index (χ0n) is 7.86. The normalized spacial score (nSPS) is 12.1. The summed E-state index contributed by atoms with van der Waals surface area (Å²) in [4.78, 5) is 10.5. The molecule has 1 aromatic carbocycles. The number of carbonyl (C=O) groups is 1. The monoisotopic (exact) mass is 211 g/mol. The van der Waals surface area contributed by atoms with Crippen molar-refractivity contribution in [3.05, 3.63) is 29.8 Å². The van der Waals surface area contributed by atoms with Gasteiger partial charge in [-0.3, -0.25) is 4.72 Å². The van der Waals surface area contributed by atoms with Crippen LogP contribution in [-0.2, 0) is 0 Å². The molecule has 0 heterocycles. The van der Waals surface area contributed by atoms with Crippen molar-refractivity contribution in [3.8, 4) is 0 Å². The molecule has 4 nitrogen and oxygen atoms in total. The van der Waals surface area contributed by atoms with Crippen molar-refractivity contribution in [1.82, 2.24) is 4.72 Å². The third-order valence-electron chi connectivity index (χ3n) is 1.74. The van der Waals surface area contributed by atoms with Crippen molar-refractivity contribution in [2.45, 2.75) is 12.2 Å². The van der Waals surface area contributed by atoms with Gasteiger partial charge in [0.2, 0.25) is 0 Å². The molecule has 0 radical (unpaired) electrons. The Bertz CT molecular complexity index is 312. The first-order valence-electron chi connectivity index (χ1n) is 4.16. The lowest BCUT2D eigenvalue weighted by Gasteiger charge is -2.10. The number of primary amides is 1. The van der Waals surface area contributed by atoms with Crippen LogP contribution < -0.4 is 16.2 Å². The Morgan fingerprint density at radius 1 is 1.43 bits per heavy atom. The maximum absolute atomic E-state index is 10.5. The number of rotatable bonds is 3. The minimum Gasteiger partial charge on any atom is -0.399 e. The summed E-state index contributed by atoms with van der Waals surface area (Å²) in [5.74, 6) is 0. The van der Waals surface area contributed by atoms with E-state index in [1.807, 2.05) is 31.2 Å². The molecule has 1 aromatic rings. The van der Waals surface area contributed by atoms with E-state index in [-0.39, 0.29) is 5.25 Å². The third-order valence-corrected chi connectivity index (χ3v) is 2.69. The number of benzene rings is 1. The zero-order chi connectivity index (χ0) is 10.6. The Morgan fingerprint density at radius 3 is 2.50 bits per heavy atom. The summed E-state index contributed by atoms with van der Waals surface area (Å²) in [6.07, 6.45) is 0. The van der Waals surface area contributed by atoms with E-state index in [4.69, 9.17) is 11.5 Å². The average Bonchev–Trinajstić information content (AvgIpc) is 2.15. The van der Waals surface area contributed by atoms with Gasteiger partial charge in [0.25, 0.3) is 0 Å². The van der Waals surface area contributed by atoms with Crippen LogP contribution in [0, 0.1) is 0 Å². The molecule has 2 amide bonds. The van der Waals surface area contributed by atoms with Crippen molar-refractivity contribution in [3.63, 3.8) is 0 Å². The van der Waals surface area contributed by atoms with Gasteiger partial charge in [0.05, 0.1) is 0 Å². The van der Waals surface area contributed by atoms with E-state index in [0.29, 0.717) is 0 Å². The van der Waals surface area contributed by atoms with Gasteiger partial charge >= 0.3 is 6.03 Å². The predicted octanol–water partition coefficient (Wildman–Crippen LogP) is 1.65. The first-order chi connectivity index (χ1) is 6.59. The fourth-order valence-corrected chi connectivity index (χ4v) is 1.57. The number of hydrogen-bond donors (Lipinski definition) is 3. The lowest BCUT2D eigenvalue weighted by molar-refractivity contribution is 0.254. The summed E-state index contributed by atoms with van der Waals surface area (Å²) >= 11 is 1.28. The molecule has 1 atom stereocenters. The van der Waals surface area contributed by atoms with Crippen LogP contribution in [0.5, 0.6) is 0 Å². The van der Waals surface area contributed by atoms with Crippen LogP contribution in [-0.4, -0.2) is 6.03 Å². The van der Waals surface area contributed by atoms with Gasteiger partial charge in [-0.25, -0.2) is 4.79 Å². The summed E-state index contributed by atoms with van der Waals surface area (Å²) in [6, 6.07) is 6.98. The summed E-state index contributed by atoms with van der Waals surface area (Å²) in [7, 11) is 0. The van der Waals surface area contributed by atoms with Gasteiger partial charge in [-0.15, -0.1) is 0 Å². The Morgan fingerprint density at radius 2 is 2.00 bits per heavy atom. The van der Waals surface area contributed by atoms with Crippen LogP contribution in [0.25, 0.3) is 0 Å². The second kappa shape index (κ2) is 4.76. The molecule has 0 bridgehead atoms. The van der Waals surface area contributed by atoms with E-state index < -0.39 is 6.03 Å². The quantitative estimate of drug-likeness (QED) is 0.525. The second-order valence-corrected chi connectivity index (χ2v) is 4.04. The van der Waals surface area contributed by atoms with Crippen LogP contribution in [0.4, 0.5) is 10.5 Å². The third kappa shape index (κ3) is 3.18. The number of urea groups is 1. The first-order valence-corrected chi connectivity index (χ1v) is 5.04.